The zero-order chi connectivity index (χ0) is 14.4. The topological polar surface area (TPSA) is 45.0 Å². The number of nitrogens with one attached hydrogen (secondary N) is 1. The van der Waals surface area contributed by atoms with Gasteiger partial charge in [0.2, 0.25) is 0 Å². The molecule has 0 radical (unpaired) electrons. The summed E-state index contributed by atoms with van der Waals surface area (Å²) in [6.45, 7) is 10.3. The van der Waals surface area contributed by atoms with Crippen molar-refractivity contribution in [2.45, 2.75) is 77.9 Å². The molecule has 0 aliphatic heterocycles. The van der Waals surface area contributed by atoms with Crippen LogP contribution >= 0.6 is 0 Å². The minimum Gasteiger partial charge on any atom is -0.378 e. The lowest BCUT2D eigenvalue weighted by atomic mass is 9.76. The molecule has 1 aliphatic carbocycles. The zero-order valence-electron chi connectivity index (χ0n) is 13.1. The third-order valence-electron chi connectivity index (χ3n) is 4.27. The van der Waals surface area contributed by atoms with Crippen LogP contribution in [0.25, 0.3) is 0 Å². The van der Waals surface area contributed by atoms with Crippen molar-refractivity contribution in [2.24, 2.45) is 5.41 Å². The van der Waals surface area contributed by atoms with E-state index in [9.17, 15) is 0 Å². The molecular formula is C16H30N2O. The number of nitrogens with zero attached hydrogens (tertiary/aromatic N) is 1. The minimum absolute atomic E-state index is 0.396. The maximum atomic E-state index is 9.17. The van der Waals surface area contributed by atoms with Gasteiger partial charge in [-0.3, -0.25) is 5.32 Å². The van der Waals surface area contributed by atoms with E-state index in [1.807, 2.05) is 13.8 Å². The summed E-state index contributed by atoms with van der Waals surface area (Å²) in [4.78, 5) is 0. The van der Waals surface area contributed by atoms with Gasteiger partial charge in [-0.1, -0.05) is 20.8 Å². The molecule has 3 nitrogen and oxygen atoms in total. The van der Waals surface area contributed by atoms with E-state index in [1.165, 1.54) is 25.7 Å². The number of rotatable bonds is 7. The van der Waals surface area contributed by atoms with E-state index < -0.39 is 5.54 Å². The van der Waals surface area contributed by atoms with Crippen LogP contribution in [0, 0.1) is 16.7 Å². The first kappa shape index (κ1) is 16.5. The molecule has 1 saturated carbocycles. The largest absolute Gasteiger partial charge is 0.378 e. The highest BCUT2D eigenvalue weighted by Gasteiger charge is 2.27. The van der Waals surface area contributed by atoms with Crippen LogP contribution in [0.3, 0.4) is 0 Å². The highest BCUT2D eigenvalue weighted by atomic mass is 16.5. The number of nitriles is 1. The molecule has 1 fully saturated rings. The molecular weight excluding hydrogens is 236 g/mol. The highest BCUT2D eigenvalue weighted by Crippen LogP contribution is 2.36. The predicted molar refractivity (Wildman–Crippen MR) is 78.9 cm³/mol. The van der Waals surface area contributed by atoms with Gasteiger partial charge in [-0.05, 0) is 57.4 Å². The fraction of sp³-hybridized carbons (Fsp3) is 0.938. The summed E-state index contributed by atoms with van der Waals surface area (Å²) in [5.41, 5.74) is 0.108. The lowest BCUT2D eigenvalue weighted by molar-refractivity contribution is 0.00167. The number of ether oxygens (including phenoxy) is 1. The van der Waals surface area contributed by atoms with E-state index in [-0.39, 0.29) is 0 Å². The smallest absolute Gasteiger partial charge is 0.104 e. The molecule has 0 heterocycles. The molecule has 0 saturated heterocycles. The van der Waals surface area contributed by atoms with Crippen molar-refractivity contribution in [2.75, 3.05) is 13.2 Å². The van der Waals surface area contributed by atoms with Crippen LogP contribution in [0.1, 0.15) is 66.2 Å². The van der Waals surface area contributed by atoms with Gasteiger partial charge in [-0.25, -0.2) is 0 Å². The highest BCUT2D eigenvalue weighted by molar-refractivity contribution is 5.03. The molecule has 1 N–H and O–H groups in total. The van der Waals surface area contributed by atoms with E-state index in [0.29, 0.717) is 11.5 Å². The first-order chi connectivity index (χ1) is 8.91. The molecule has 0 amide bonds. The average Bonchev–Trinajstić information content (AvgIpc) is 2.37. The summed E-state index contributed by atoms with van der Waals surface area (Å²) in [6.07, 6.45) is 7.17. The molecule has 0 spiro atoms. The van der Waals surface area contributed by atoms with Gasteiger partial charge in [0.25, 0.3) is 0 Å². The fourth-order valence-electron chi connectivity index (χ4n) is 2.79. The van der Waals surface area contributed by atoms with Crippen molar-refractivity contribution < 1.29 is 4.74 Å². The minimum atomic E-state index is -0.396. The van der Waals surface area contributed by atoms with E-state index >= 15 is 0 Å². The molecule has 0 aromatic rings. The summed E-state index contributed by atoms with van der Waals surface area (Å²) < 4.78 is 5.96. The summed E-state index contributed by atoms with van der Waals surface area (Å²) in [5.74, 6) is 0. The SMILES string of the molecule is CCNC(C)(C#N)CCCOC1CCC(C)(C)CC1. The Morgan fingerprint density at radius 1 is 1.37 bits per heavy atom. The van der Waals surface area contributed by atoms with Gasteiger partial charge < -0.3 is 4.74 Å². The van der Waals surface area contributed by atoms with Crippen molar-refractivity contribution in [3.8, 4) is 6.07 Å². The Kier molecular flexibility index (Phi) is 6.29. The van der Waals surface area contributed by atoms with E-state index in [2.05, 4.69) is 25.2 Å². The molecule has 1 unspecified atom stereocenters. The maximum absolute atomic E-state index is 9.17. The number of hydrogen-bond donors (Lipinski definition) is 1. The van der Waals surface area contributed by atoms with Gasteiger partial charge in [0, 0.05) is 6.61 Å². The van der Waals surface area contributed by atoms with Gasteiger partial charge in [0.05, 0.1) is 12.2 Å². The molecule has 0 bridgehead atoms. The molecule has 1 aliphatic rings. The van der Waals surface area contributed by atoms with E-state index in [0.717, 1.165) is 26.0 Å². The van der Waals surface area contributed by atoms with Gasteiger partial charge in [-0.15, -0.1) is 0 Å². The maximum Gasteiger partial charge on any atom is 0.104 e. The van der Waals surface area contributed by atoms with Crippen molar-refractivity contribution in [3.05, 3.63) is 0 Å². The summed E-state index contributed by atoms with van der Waals surface area (Å²) in [5, 5.41) is 12.4. The Morgan fingerprint density at radius 3 is 2.53 bits per heavy atom. The van der Waals surface area contributed by atoms with Crippen LogP contribution in [-0.2, 0) is 4.74 Å². The second kappa shape index (κ2) is 7.26. The fourth-order valence-corrected chi connectivity index (χ4v) is 2.79. The Morgan fingerprint density at radius 2 is 2.00 bits per heavy atom. The van der Waals surface area contributed by atoms with Crippen LogP contribution in [0.4, 0.5) is 0 Å². The van der Waals surface area contributed by atoms with Gasteiger partial charge in [-0.2, -0.15) is 5.26 Å². The van der Waals surface area contributed by atoms with E-state index in [4.69, 9.17) is 10.00 Å². The van der Waals surface area contributed by atoms with Crippen LogP contribution in [-0.4, -0.2) is 24.8 Å². The second-order valence-electron chi connectivity index (χ2n) is 6.81. The third-order valence-corrected chi connectivity index (χ3v) is 4.27. The molecule has 1 rings (SSSR count). The molecule has 3 heteroatoms. The van der Waals surface area contributed by atoms with Gasteiger partial charge in [0.1, 0.15) is 5.54 Å². The molecule has 110 valence electrons. The van der Waals surface area contributed by atoms with Gasteiger partial charge >= 0.3 is 0 Å². The van der Waals surface area contributed by atoms with Crippen LogP contribution in [0.2, 0.25) is 0 Å². The van der Waals surface area contributed by atoms with Crippen molar-refractivity contribution in [1.82, 2.24) is 5.32 Å². The van der Waals surface area contributed by atoms with Gasteiger partial charge in [0.15, 0.2) is 0 Å². The standard InChI is InChI=1S/C16H30N2O/c1-5-18-16(4,13-17)9-6-12-19-14-7-10-15(2,3)11-8-14/h14,18H,5-12H2,1-4H3. The first-order valence-corrected chi connectivity index (χ1v) is 7.69. The van der Waals surface area contributed by atoms with Crippen molar-refractivity contribution in [3.63, 3.8) is 0 Å². The molecule has 0 aromatic heterocycles. The summed E-state index contributed by atoms with van der Waals surface area (Å²) in [7, 11) is 0. The molecule has 0 aromatic carbocycles. The van der Waals surface area contributed by atoms with Crippen LogP contribution in [0.5, 0.6) is 0 Å². The summed E-state index contributed by atoms with van der Waals surface area (Å²) >= 11 is 0. The summed E-state index contributed by atoms with van der Waals surface area (Å²) in [6, 6.07) is 2.36. The Hall–Kier alpha value is -0.590. The molecule has 1 atom stereocenters. The lowest BCUT2D eigenvalue weighted by Gasteiger charge is -2.34. The Balaban J connectivity index is 2.16. The normalized spacial score (nSPS) is 22.7. The quantitative estimate of drug-likeness (QED) is 0.715. The molecule has 19 heavy (non-hydrogen) atoms. The first-order valence-electron chi connectivity index (χ1n) is 7.69. The third kappa shape index (κ3) is 5.93. The predicted octanol–water partition coefficient (Wildman–Crippen LogP) is 3.64. The monoisotopic (exact) mass is 266 g/mol. The lowest BCUT2D eigenvalue weighted by Crippen LogP contribution is -2.41. The van der Waals surface area contributed by atoms with Crippen LogP contribution in [0.15, 0.2) is 0 Å². The Labute approximate surface area is 118 Å². The van der Waals surface area contributed by atoms with E-state index in [1.54, 1.807) is 0 Å². The second-order valence-corrected chi connectivity index (χ2v) is 6.81. The zero-order valence-corrected chi connectivity index (χ0v) is 13.1. The van der Waals surface area contributed by atoms with Crippen LogP contribution < -0.4 is 5.32 Å². The number of hydrogen-bond acceptors (Lipinski definition) is 3. The average molecular weight is 266 g/mol. The van der Waals surface area contributed by atoms with Crippen molar-refractivity contribution in [1.29, 1.82) is 5.26 Å². The Bertz CT molecular complexity index is 298. The van der Waals surface area contributed by atoms with Crippen molar-refractivity contribution >= 4 is 0 Å².